The Morgan fingerprint density at radius 3 is 1.26 bits per heavy atom. The molecule has 0 atom stereocenters. The van der Waals surface area contributed by atoms with Crippen molar-refractivity contribution in [2.45, 2.75) is 171 Å². The lowest BCUT2D eigenvalue weighted by Crippen LogP contribution is -2.44. The van der Waals surface area contributed by atoms with Crippen LogP contribution in [0.15, 0.2) is 58.6 Å². The largest absolute Gasteiger partial charge is 0.519 e. The Morgan fingerprint density at radius 1 is 0.525 bits per heavy atom. The van der Waals surface area contributed by atoms with Crippen LogP contribution in [0.4, 0.5) is 52.6 Å². The maximum Gasteiger partial charge on any atom is 0.519 e. The number of ether oxygens (including phenoxy) is 8. The van der Waals surface area contributed by atoms with Gasteiger partial charge in [0.05, 0.1) is 0 Å². The average molecular weight is 1170 g/mol. The monoisotopic (exact) mass is 1170 g/mol. The molecule has 0 unspecified atom stereocenters. The van der Waals surface area contributed by atoms with Gasteiger partial charge in [-0.1, -0.05) is 23.2 Å². The molecule has 5 heterocycles. The molecule has 4 aromatic heterocycles. The number of nitrogens with one attached hydrogen (secondary N) is 4. The first-order valence-corrected chi connectivity index (χ1v) is 25.0. The quantitative estimate of drug-likeness (QED) is 0.0550. The second-order valence-electron chi connectivity index (χ2n) is 21.9. The number of hydrogen-bond donors (Lipinski definition) is 5. The van der Waals surface area contributed by atoms with E-state index >= 15 is 0 Å². The van der Waals surface area contributed by atoms with Crippen LogP contribution in [0.25, 0.3) is 0 Å². The van der Waals surface area contributed by atoms with E-state index in [1.165, 1.54) is 61.9 Å². The summed E-state index contributed by atoms with van der Waals surface area (Å²) in [6, 6.07) is 5.49. The normalized spacial score (nSPS) is 11.9. The van der Waals surface area contributed by atoms with Gasteiger partial charge in [-0.15, -0.1) is 4.90 Å². The van der Waals surface area contributed by atoms with Crippen LogP contribution >= 0.6 is 23.2 Å². The Balaban J connectivity index is 0.000000975. The van der Waals surface area contributed by atoms with Crippen LogP contribution in [-0.4, -0.2) is 123 Å². The summed E-state index contributed by atoms with van der Waals surface area (Å²) in [5.74, 6) is 0.127. The predicted molar refractivity (Wildman–Crippen MR) is 296 cm³/mol. The molecule has 0 bridgehead atoms. The van der Waals surface area contributed by atoms with Crippen molar-refractivity contribution in [3.8, 4) is 0 Å². The number of rotatable bonds is 3. The van der Waals surface area contributed by atoms with E-state index in [0.29, 0.717) is 4.90 Å². The number of H-pyrrole nitrogens is 2. The first-order valence-electron chi connectivity index (χ1n) is 24.2. The van der Waals surface area contributed by atoms with E-state index in [1.807, 2.05) is 0 Å². The minimum atomic E-state index is -1.06. The first kappa shape index (κ1) is 72.3. The third-order valence-corrected chi connectivity index (χ3v) is 7.37. The molecule has 4 aromatic rings. The van der Waals surface area contributed by atoms with E-state index in [-0.39, 0.29) is 45.2 Å². The summed E-state index contributed by atoms with van der Waals surface area (Å²) < 4.78 is 39.1. The van der Waals surface area contributed by atoms with Crippen molar-refractivity contribution in [1.82, 2.24) is 39.9 Å². The SMILES string of the molecule is C1CCOC1.CC(C)(C)OC(=O)N(C(=O)OC(C)(C)C)c1nccc(Cl)n1.CC(C)(C)OC(=O)Nc1nccc(=O)[nH]1.CC(C)(C)OC(=O)Nc1nccc(Cl)n1.CC(C)(C)OC(=O)OC(=O)OC(C)(C)C.Nc1nccc(=O)[nH]1. The first-order chi connectivity index (χ1) is 36.4. The van der Waals surface area contributed by atoms with Crippen molar-refractivity contribution >= 4 is 83.7 Å². The van der Waals surface area contributed by atoms with Crippen molar-refractivity contribution in [2.75, 3.05) is 34.5 Å². The summed E-state index contributed by atoms with van der Waals surface area (Å²) in [6.07, 6.45) is 2.72. The van der Waals surface area contributed by atoms with Crippen LogP contribution in [0.3, 0.4) is 0 Å². The van der Waals surface area contributed by atoms with Crippen LogP contribution in [0.5, 0.6) is 0 Å². The molecule has 0 aliphatic carbocycles. The molecule has 5 rings (SSSR count). The van der Waals surface area contributed by atoms with Crippen LogP contribution in [0.2, 0.25) is 10.3 Å². The highest BCUT2D eigenvalue weighted by molar-refractivity contribution is 6.29. The zero-order valence-corrected chi connectivity index (χ0v) is 50.0. The lowest BCUT2D eigenvalue weighted by molar-refractivity contribution is -0.0295. The zero-order valence-electron chi connectivity index (χ0n) is 48.4. The van der Waals surface area contributed by atoms with Gasteiger partial charge in [-0.2, -0.15) is 0 Å². The number of nitrogens with two attached hydrogens (primary N) is 1. The van der Waals surface area contributed by atoms with Gasteiger partial charge in [0.25, 0.3) is 11.1 Å². The van der Waals surface area contributed by atoms with Crippen molar-refractivity contribution in [2.24, 2.45) is 0 Å². The zero-order chi connectivity index (χ0) is 61.9. The smallest absolute Gasteiger partial charge is 0.444 e. The fourth-order valence-corrected chi connectivity index (χ4v) is 4.69. The van der Waals surface area contributed by atoms with E-state index in [0.717, 1.165) is 13.2 Å². The van der Waals surface area contributed by atoms with Crippen LogP contribution in [0, 0.1) is 0 Å². The van der Waals surface area contributed by atoms with Crippen molar-refractivity contribution < 1.29 is 66.7 Å². The van der Waals surface area contributed by atoms with Gasteiger partial charge >= 0.3 is 36.7 Å². The molecule has 30 heteroatoms. The molecule has 0 spiro atoms. The molecule has 1 aliphatic heterocycles. The molecule has 0 aromatic carbocycles. The summed E-state index contributed by atoms with van der Waals surface area (Å²) in [6.45, 7) is 32.6. The van der Waals surface area contributed by atoms with Crippen LogP contribution in [-0.2, 0) is 37.9 Å². The standard InChI is InChI=1S/C14H20ClN3O4.C10H18O5.C9H12ClN3O2.C9H13N3O3.C4H5N3O.C4H8O/c1-13(2,3)21-11(19)18(12(20)22-14(4,5)6)10-16-8-7-9(15)17-10;1-9(2,3)14-7(11)13-8(12)15-10(4,5)6;1-9(2,3)15-8(14)13-7-11-5-4-6(10)12-7;1-9(2,3)15-8(14)12-7-10-5-4-6(13)11-7;5-4-6-2-1-3(8)7-4;1-2-4-5-3-1/h7-8H,1-6H3;1-6H3;4-5H,1-3H3,(H,11,12,13,14);4-5H,1-3H3,(H2,10,11,12,13,14);1-2H,(H3,5,6,7,8);1-4H2. The van der Waals surface area contributed by atoms with Crippen LogP contribution < -0.4 is 32.4 Å². The van der Waals surface area contributed by atoms with Gasteiger partial charge in [-0.05, 0) is 150 Å². The highest BCUT2D eigenvalue weighted by atomic mass is 35.5. The summed E-state index contributed by atoms with van der Waals surface area (Å²) in [7, 11) is 0. The van der Waals surface area contributed by atoms with Gasteiger partial charge in [0.15, 0.2) is 5.95 Å². The second kappa shape index (κ2) is 33.0. The Morgan fingerprint density at radius 2 is 0.912 bits per heavy atom. The summed E-state index contributed by atoms with van der Waals surface area (Å²) in [5.41, 5.74) is 0.411. The maximum absolute atomic E-state index is 12.3. The summed E-state index contributed by atoms with van der Waals surface area (Å²) >= 11 is 11.4. The molecule has 80 heavy (non-hydrogen) atoms. The number of carbonyl (C=O) groups is 6. The van der Waals surface area contributed by atoms with Gasteiger partial charge in [0.2, 0.25) is 17.8 Å². The molecule has 446 valence electrons. The second-order valence-corrected chi connectivity index (χ2v) is 22.7. The molecule has 1 aliphatic rings. The number of hydrogen-bond acceptors (Lipinski definition) is 23. The number of aromatic amines is 2. The average Bonchev–Trinajstić information content (AvgIpc) is 3.82. The van der Waals surface area contributed by atoms with Gasteiger partial charge in [-0.3, -0.25) is 30.2 Å². The number of anilines is 4. The molecular weight excluding hydrogens is 1100 g/mol. The number of carbonyl (C=O) groups excluding carboxylic acids is 6. The lowest BCUT2D eigenvalue weighted by Gasteiger charge is -2.27. The van der Waals surface area contributed by atoms with E-state index in [4.69, 9.17) is 62.1 Å². The predicted octanol–water partition coefficient (Wildman–Crippen LogP) is 10.4. The van der Waals surface area contributed by atoms with Gasteiger partial charge in [0, 0.05) is 50.1 Å². The Kier molecular flexibility index (Phi) is 29.8. The van der Waals surface area contributed by atoms with Gasteiger partial charge in [0.1, 0.15) is 43.9 Å². The van der Waals surface area contributed by atoms with Crippen LogP contribution in [0.1, 0.15) is 137 Å². The number of nitrogens with zero attached hydrogens (tertiary/aromatic N) is 7. The van der Waals surface area contributed by atoms with Crippen molar-refractivity contribution in [1.29, 1.82) is 0 Å². The molecule has 1 saturated heterocycles. The minimum absolute atomic E-state index is 0.0664. The molecule has 6 N–H and O–H groups in total. The third-order valence-electron chi connectivity index (χ3n) is 6.95. The number of halogens is 2. The lowest BCUT2D eigenvalue weighted by atomic mass is 10.2. The number of imide groups is 1. The molecule has 28 nitrogen and oxygen atoms in total. The van der Waals surface area contributed by atoms with E-state index in [9.17, 15) is 38.4 Å². The molecule has 0 saturated carbocycles. The topological polar surface area (TPSA) is 373 Å². The fraction of sp³-hybridized carbons (Fsp3) is 0.560. The minimum Gasteiger partial charge on any atom is -0.444 e. The summed E-state index contributed by atoms with van der Waals surface area (Å²) in [4.78, 5) is 118. The highest BCUT2D eigenvalue weighted by Gasteiger charge is 2.35. The highest BCUT2D eigenvalue weighted by Crippen LogP contribution is 2.20. The van der Waals surface area contributed by atoms with Crippen molar-refractivity contribution in [3.63, 3.8) is 0 Å². The van der Waals surface area contributed by atoms with E-state index in [1.54, 1.807) is 125 Å². The fourth-order valence-electron chi connectivity index (χ4n) is 4.42. The molecule has 4 amide bonds. The van der Waals surface area contributed by atoms with Gasteiger partial charge < -0.3 is 43.6 Å². The van der Waals surface area contributed by atoms with Crippen molar-refractivity contribution in [3.05, 3.63) is 80.1 Å². The summed E-state index contributed by atoms with van der Waals surface area (Å²) in [5, 5.41) is 5.03. The molecule has 1 fully saturated rings. The molecule has 0 radical (unpaired) electrons. The van der Waals surface area contributed by atoms with E-state index < -0.39 is 70.3 Å². The number of aromatic nitrogens is 8. The van der Waals surface area contributed by atoms with E-state index in [2.05, 4.69) is 55.2 Å². The molecular formula is C50H76Cl2N12O16. The Labute approximate surface area is 474 Å². The Hall–Kier alpha value is -7.72. The Bertz CT molecular complexity index is 2660. The number of nitrogen functional groups attached to an aromatic ring is 1. The maximum atomic E-state index is 12.3. The number of amides is 4. The third kappa shape index (κ3) is 40.5. The van der Waals surface area contributed by atoms with Gasteiger partial charge in [-0.25, -0.2) is 58.7 Å².